The second-order valence-corrected chi connectivity index (χ2v) is 31.0. The summed E-state index contributed by atoms with van der Waals surface area (Å²) >= 11 is 6.11. The third-order valence-corrected chi connectivity index (χ3v) is 24.3. The molecule has 23 rings (SSSR count). The lowest BCUT2D eigenvalue weighted by Crippen LogP contribution is -2.41. The van der Waals surface area contributed by atoms with Crippen molar-refractivity contribution in [2.45, 2.75) is 49.7 Å². The zero-order valence-electron chi connectivity index (χ0n) is 62.9. The Kier molecular flexibility index (Phi) is 16.4. The third kappa shape index (κ3) is 10.9. The Morgan fingerprint density at radius 3 is 0.903 bits per heavy atom. The first-order valence-electron chi connectivity index (χ1n) is 38.3. The molecular weight excluding hydrogens is 1400 g/mol. The quantitative estimate of drug-likeness (QED) is 0.0843. The maximum Gasteiger partial charge on any atom is 0.494 e. The number of benzene rings is 16. The van der Waals surface area contributed by atoms with Crippen LogP contribution in [0, 0.1) is 7.43 Å². The van der Waals surface area contributed by atoms with Crippen LogP contribution in [-0.4, -0.2) is 48.2 Å². The van der Waals surface area contributed by atoms with Crippen LogP contribution in [0.3, 0.4) is 0 Å². The molecule has 2 spiro atoms. The minimum Gasteiger partial charge on any atom is -0.399 e. The van der Waals surface area contributed by atoms with E-state index in [0.717, 1.165) is 44.4 Å². The number of nitrogens with zero attached hydrogens (tertiary/aromatic N) is 6. The first kappa shape index (κ1) is 69.1. The van der Waals surface area contributed by atoms with Gasteiger partial charge in [-0.25, -0.2) is 19.9 Å². The van der Waals surface area contributed by atoms with Crippen molar-refractivity contribution in [1.82, 2.24) is 29.9 Å². The molecule has 0 atom stereocenters. The molecule has 0 saturated carbocycles. The Bertz CT molecular complexity index is 6700. The van der Waals surface area contributed by atoms with Gasteiger partial charge in [-0.05, 0) is 183 Å². The lowest BCUT2D eigenvalue weighted by atomic mass is 9.68. The van der Waals surface area contributed by atoms with E-state index in [9.17, 15) is 0 Å². The molecule has 0 amide bonds. The molecule has 4 aliphatic carbocycles. The molecular formula is C103H73BClN6O2-. The molecule has 5 aliphatic rings. The number of hydrogen-bond donors (Lipinski definition) is 0. The van der Waals surface area contributed by atoms with E-state index in [-0.39, 0.29) is 29.3 Å². The summed E-state index contributed by atoms with van der Waals surface area (Å²) in [6.07, 6.45) is 0. The van der Waals surface area contributed by atoms with Gasteiger partial charge in [-0.2, -0.15) is 9.97 Å². The third-order valence-electron chi connectivity index (χ3n) is 24.1. The Balaban J connectivity index is 0.000000117. The van der Waals surface area contributed by atoms with Crippen LogP contribution < -0.4 is 5.46 Å². The SMILES string of the molecule is CC1(C)OB(c2ccc3c(c2)C2(c4ccccc4-3)c3cccc4ccc5cccc2c5c34)OC1(C)C.Clc1nc(-c2ccccc2)nc(-c2ccc(-c3ccccc3)cc2)n1.[CH3-].c1ccc(-c2ccc(-c3nc(-c4ccccc4)nc(-c4ccc5c(c4)C4(c6ccccc6-5)c5cccc6ccc7cccc4c7c56)n3)cc2)cc1. The van der Waals surface area contributed by atoms with Crippen LogP contribution in [0.5, 0.6) is 0 Å². The molecule has 0 radical (unpaired) electrons. The van der Waals surface area contributed by atoms with Crippen LogP contribution in [0.15, 0.2) is 352 Å². The predicted molar refractivity (Wildman–Crippen MR) is 463 cm³/mol. The molecule has 0 unspecified atom stereocenters. The fourth-order valence-corrected chi connectivity index (χ4v) is 18.4. The van der Waals surface area contributed by atoms with Crippen molar-refractivity contribution in [3.63, 3.8) is 0 Å². The second kappa shape index (κ2) is 26.8. The summed E-state index contributed by atoms with van der Waals surface area (Å²) in [4.78, 5) is 28.5. The molecule has 3 heterocycles. The van der Waals surface area contributed by atoms with Gasteiger partial charge in [0.1, 0.15) is 0 Å². The standard InChI is InChI=1S/C48H29N3.C33H27BO2.C21H14ClN3.CH3/c1-3-11-30(12-4-1)31-21-25-35(26-22-31)46-49-45(34-13-5-2-6-14-34)50-47(51-46)36-27-28-38-37-17-7-8-18-39(37)48(42(38)29-36)40-19-9-15-32-23-24-33-16-10-20-41(48)44(33)43(32)40;1-31(2)32(3,4)36-34(35-31)22-17-18-24-23-11-5-6-12-25(23)33(28(24)19-22)26-13-7-9-20-15-16-21-10-8-14-27(33)30(21)29(20)26;22-21-24-19(17-9-5-2-6-10-17)23-20(25-21)18-13-11-16(12-14-18)15-7-3-1-4-8-15;/h1-29H;5-19H,1-4H3;1-14H;1H3/q;;;-1. The van der Waals surface area contributed by atoms with Crippen LogP contribution in [0.2, 0.25) is 5.28 Å². The highest BCUT2D eigenvalue weighted by molar-refractivity contribution is 6.62. The monoisotopic (exact) mass is 1470 g/mol. The molecule has 16 aromatic carbocycles. The van der Waals surface area contributed by atoms with Gasteiger partial charge in [0, 0.05) is 27.8 Å². The first-order valence-corrected chi connectivity index (χ1v) is 38.6. The number of hydrogen-bond acceptors (Lipinski definition) is 8. The predicted octanol–water partition coefficient (Wildman–Crippen LogP) is 24.5. The fraction of sp³-hybridized carbons (Fsp3) is 0.0777. The smallest absolute Gasteiger partial charge is 0.399 e. The van der Waals surface area contributed by atoms with E-state index < -0.39 is 12.5 Å². The van der Waals surface area contributed by atoms with Crippen molar-refractivity contribution in [3.8, 4) is 101 Å². The molecule has 1 saturated heterocycles. The normalized spacial score (nSPS) is 14.5. The zero-order chi connectivity index (χ0) is 75.0. The summed E-state index contributed by atoms with van der Waals surface area (Å²) in [5.74, 6) is 3.11. The van der Waals surface area contributed by atoms with Gasteiger partial charge in [0.25, 0.3) is 0 Å². The van der Waals surface area contributed by atoms with Crippen molar-refractivity contribution in [2.75, 3.05) is 0 Å². The first-order chi connectivity index (χ1) is 54.9. The highest BCUT2D eigenvalue weighted by Crippen LogP contribution is 2.64. The topological polar surface area (TPSA) is 95.8 Å². The van der Waals surface area contributed by atoms with Gasteiger partial charge in [0.15, 0.2) is 29.1 Å². The Labute approximate surface area is 662 Å². The molecule has 2 aromatic heterocycles. The summed E-state index contributed by atoms with van der Waals surface area (Å²) in [6.45, 7) is 8.47. The summed E-state index contributed by atoms with van der Waals surface area (Å²) < 4.78 is 13.0. The molecule has 0 bridgehead atoms. The van der Waals surface area contributed by atoms with E-state index in [2.05, 4.69) is 310 Å². The summed E-state index contributed by atoms with van der Waals surface area (Å²) in [7, 11) is -0.392. The minimum absolute atomic E-state index is 0. The number of fused-ring (bicyclic) bond motifs is 14. The van der Waals surface area contributed by atoms with E-state index in [1.54, 1.807) is 0 Å². The Hall–Kier alpha value is -13.1. The Morgan fingerprint density at radius 2 is 0.513 bits per heavy atom. The fourth-order valence-electron chi connectivity index (χ4n) is 18.3. The average molecular weight is 1470 g/mol. The molecule has 113 heavy (non-hydrogen) atoms. The van der Waals surface area contributed by atoms with Crippen LogP contribution in [0.1, 0.15) is 72.2 Å². The maximum atomic E-state index is 6.49. The Morgan fingerprint density at radius 1 is 0.239 bits per heavy atom. The van der Waals surface area contributed by atoms with Gasteiger partial charge in [-0.15, -0.1) is 0 Å². The van der Waals surface area contributed by atoms with Crippen LogP contribution in [0.4, 0.5) is 0 Å². The summed E-state index contributed by atoms with van der Waals surface area (Å²) in [5, 5.41) is 10.8. The molecule has 1 aliphatic heterocycles. The van der Waals surface area contributed by atoms with E-state index in [1.165, 1.54) is 121 Å². The van der Waals surface area contributed by atoms with Crippen LogP contribution in [-0.2, 0) is 20.1 Å². The molecule has 10 heteroatoms. The van der Waals surface area contributed by atoms with Gasteiger partial charge in [0.05, 0.1) is 22.0 Å². The van der Waals surface area contributed by atoms with Crippen molar-refractivity contribution >= 4 is 67.3 Å². The molecule has 18 aromatic rings. The van der Waals surface area contributed by atoms with Gasteiger partial charge >= 0.3 is 7.12 Å². The molecule has 538 valence electrons. The molecule has 0 N–H and O–H groups in total. The van der Waals surface area contributed by atoms with Gasteiger partial charge < -0.3 is 16.7 Å². The summed E-state index contributed by atoms with van der Waals surface area (Å²) in [5.41, 5.74) is 24.7. The summed E-state index contributed by atoms with van der Waals surface area (Å²) in [6, 6.07) is 125. The van der Waals surface area contributed by atoms with E-state index in [4.69, 9.17) is 35.9 Å². The zero-order valence-corrected chi connectivity index (χ0v) is 63.7. The largest absolute Gasteiger partial charge is 0.494 e. The van der Waals surface area contributed by atoms with Crippen molar-refractivity contribution < 1.29 is 9.31 Å². The lowest BCUT2D eigenvalue weighted by Gasteiger charge is -2.32. The van der Waals surface area contributed by atoms with E-state index in [1.807, 2.05) is 84.9 Å². The average Bonchev–Trinajstić information content (AvgIpc) is 1.51. The molecule has 1 fully saturated rings. The van der Waals surface area contributed by atoms with Crippen LogP contribution in [0.25, 0.3) is 145 Å². The van der Waals surface area contributed by atoms with Gasteiger partial charge in [-0.3, -0.25) is 0 Å². The van der Waals surface area contributed by atoms with E-state index in [0.29, 0.717) is 29.1 Å². The van der Waals surface area contributed by atoms with Crippen molar-refractivity contribution in [2.24, 2.45) is 0 Å². The van der Waals surface area contributed by atoms with Crippen LogP contribution >= 0.6 is 11.6 Å². The lowest BCUT2D eigenvalue weighted by molar-refractivity contribution is 0.00578. The highest BCUT2D eigenvalue weighted by atomic mass is 35.5. The minimum atomic E-state index is -0.448. The van der Waals surface area contributed by atoms with E-state index >= 15 is 0 Å². The van der Waals surface area contributed by atoms with Crippen molar-refractivity contribution in [3.05, 3.63) is 409 Å². The van der Waals surface area contributed by atoms with Gasteiger partial charge in [0.2, 0.25) is 5.28 Å². The van der Waals surface area contributed by atoms with Gasteiger partial charge in [-0.1, -0.05) is 346 Å². The maximum absolute atomic E-state index is 6.49. The number of halogens is 1. The highest BCUT2D eigenvalue weighted by Gasteiger charge is 2.55. The number of aromatic nitrogens is 6. The number of rotatable bonds is 8. The van der Waals surface area contributed by atoms with Crippen molar-refractivity contribution in [1.29, 1.82) is 0 Å². The second-order valence-electron chi connectivity index (χ2n) is 30.7. The molecule has 8 nitrogen and oxygen atoms in total.